The zero-order valence-electron chi connectivity index (χ0n) is 40.4. The van der Waals surface area contributed by atoms with Crippen molar-refractivity contribution >= 4 is 92.5 Å². The summed E-state index contributed by atoms with van der Waals surface area (Å²) in [5.74, 6) is -9.90. The van der Waals surface area contributed by atoms with E-state index in [1.807, 2.05) is 0 Å². The molecule has 402 valence electrons. The van der Waals surface area contributed by atoms with Crippen LogP contribution in [0.1, 0.15) is 62.5 Å². The van der Waals surface area contributed by atoms with E-state index in [2.05, 4.69) is 42.5 Å². The number of amides is 11. The minimum atomic E-state index is -1.77. The number of rotatable bonds is 19. The molecule has 2 aromatic carbocycles. The van der Waals surface area contributed by atoms with Gasteiger partial charge in [-0.15, -0.1) is 0 Å². The van der Waals surface area contributed by atoms with Gasteiger partial charge in [0.1, 0.15) is 48.0 Å². The predicted octanol–water partition coefficient (Wildman–Crippen LogP) is -4.13. The molecule has 0 spiro atoms. The summed E-state index contributed by atoms with van der Waals surface area (Å²) in [6.45, 7) is -0.343. The lowest BCUT2D eigenvalue weighted by Gasteiger charge is -2.31. The summed E-state index contributed by atoms with van der Waals surface area (Å²) in [7, 11) is 2.18. The highest BCUT2D eigenvalue weighted by Crippen LogP contribution is 2.26. The van der Waals surface area contributed by atoms with Gasteiger partial charge in [-0.3, -0.25) is 58.1 Å². The fourth-order valence-corrected chi connectivity index (χ4v) is 9.95. The van der Waals surface area contributed by atoms with E-state index in [4.69, 9.17) is 28.3 Å². The van der Waals surface area contributed by atoms with Crippen LogP contribution in [0.25, 0.3) is 0 Å². The van der Waals surface area contributed by atoms with E-state index in [9.17, 15) is 57.8 Å². The Labute approximate surface area is 433 Å². The van der Waals surface area contributed by atoms with Crippen molar-refractivity contribution in [2.75, 3.05) is 31.1 Å². The van der Waals surface area contributed by atoms with Crippen LogP contribution < -0.4 is 65.5 Å². The summed E-state index contributed by atoms with van der Waals surface area (Å²) in [6, 6.07) is 4.50. The molecular weight excluding hydrogens is 1000 g/mol. The molecule has 0 aliphatic carbocycles. The van der Waals surface area contributed by atoms with E-state index < -0.39 is 133 Å². The van der Waals surface area contributed by atoms with Gasteiger partial charge in [-0.25, -0.2) is 0 Å². The number of nitrogens with one attached hydrogen (secondary N) is 9. The molecule has 26 nitrogen and oxygen atoms in total. The van der Waals surface area contributed by atoms with Gasteiger partial charge in [0.25, 0.3) is 0 Å². The molecule has 2 heterocycles. The lowest BCUT2D eigenvalue weighted by Crippen LogP contribution is -2.61. The van der Waals surface area contributed by atoms with E-state index in [0.717, 1.165) is 21.6 Å². The third kappa shape index (κ3) is 20.1. The molecule has 0 radical (unpaired) electrons. The van der Waals surface area contributed by atoms with Crippen LogP contribution in [-0.4, -0.2) is 154 Å². The smallest absolute Gasteiger partial charge is 0.246 e. The van der Waals surface area contributed by atoms with Crippen LogP contribution in [0.2, 0.25) is 0 Å². The first kappa shape index (κ1) is 58.9. The molecule has 2 aromatic rings. The number of hydrogen-bond donors (Lipinski definition) is 14. The molecule has 2 aliphatic rings. The Balaban J connectivity index is 1.68. The van der Waals surface area contributed by atoms with Crippen molar-refractivity contribution in [2.45, 2.75) is 107 Å². The maximum Gasteiger partial charge on any atom is 0.246 e. The Morgan fingerprint density at radius 3 is 1.97 bits per heavy atom. The molecule has 0 bridgehead atoms. The van der Waals surface area contributed by atoms with Crippen LogP contribution in [-0.2, 0) is 65.6 Å². The number of nitrogens with zero attached hydrogens (tertiary/aromatic N) is 1. The number of hydrogen-bond acceptors (Lipinski definition) is 15. The second-order valence-corrected chi connectivity index (χ2v) is 20.0. The number of benzene rings is 2. The normalized spacial score (nSPS) is 21.7. The fraction of sp³-hybridized carbons (Fsp3) is 0.478. The minimum absolute atomic E-state index is 0.0163. The van der Waals surface area contributed by atoms with Gasteiger partial charge in [0.15, 0.2) is 5.96 Å². The van der Waals surface area contributed by atoms with Crippen LogP contribution in [0.3, 0.4) is 0 Å². The third-order valence-electron chi connectivity index (χ3n) is 11.5. The van der Waals surface area contributed by atoms with Crippen LogP contribution in [0.5, 0.6) is 5.75 Å². The largest absolute Gasteiger partial charge is 0.508 e. The highest BCUT2D eigenvalue weighted by molar-refractivity contribution is 8.76. The number of carbonyl (C=O) groups is 11. The molecule has 6 unspecified atom stereocenters. The van der Waals surface area contributed by atoms with Gasteiger partial charge in [-0.05, 0) is 55.4 Å². The molecule has 0 saturated carbocycles. The Kier molecular flexibility index (Phi) is 23.7. The Morgan fingerprint density at radius 2 is 1.34 bits per heavy atom. The summed E-state index contributed by atoms with van der Waals surface area (Å²) in [5, 5.41) is 37.7. The molecule has 28 heteroatoms. The van der Waals surface area contributed by atoms with Crippen LogP contribution in [0, 0.1) is 5.41 Å². The monoisotopic (exact) mass is 1070 g/mol. The van der Waals surface area contributed by atoms with E-state index in [1.165, 1.54) is 17.0 Å². The summed E-state index contributed by atoms with van der Waals surface area (Å²) < 4.78 is 0. The number of phenolic OH excluding ortho intramolecular Hbond substituents is 1. The van der Waals surface area contributed by atoms with E-state index in [-0.39, 0.29) is 74.8 Å². The van der Waals surface area contributed by atoms with Crippen molar-refractivity contribution in [3.63, 3.8) is 0 Å². The van der Waals surface area contributed by atoms with Gasteiger partial charge < -0.3 is 75.5 Å². The van der Waals surface area contributed by atoms with E-state index in [1.54, 1.807) is 42.5 Å². The fourth-order valence-electron chi connectivity index (χ4n) is 7.81. The number of primary amides is 3. The van der Waals surface area contributed by atoms with Gasteiger partial charge in [0.05, 0.1) is 13.0 Å². The summed E-state index contributed by atoms with van der Waals surface area (Å²) in [4.78, 5) is 149. The Morgan fingerprint density at radius 1 is 0.730 bits per heavy atom. The highest BCUT2D eigenvalue weighted by Gasteiger charge is 2.40. The zero-order valence-corrected chi connectivity index (χ0v) is 42.0. The molecule has 2 aliphatic heterocycles. The standard InChI is InChI=1S/C46H64N14O12S2/c47-35(62)15-14-29-40(67)58-32(22-36(48)63)43(70)59-33(45(72)60-18-5-9-34(60)44(71)56-28(8-4-17-52-46(50)51)39(66)53-23-37(49)64)24-74-73-19-16-38(65)54-30(21-26-10-12-27(61)13-11-26)41(68)57-31(42(69)55-29)20-25-6-2-1-3-7-25/h1-3,6-7,10-13,28-34,61H,4-5,8-9,14-24H2,(H2,47,62)(H2,48,63)(H2,49,64)(H,53,66)(H,54,65)(H,55,69)(H,56,71)(H,57,68)(H,58,67)(H,59,70)(H4,50,51,52)/t28-,29?,30?,31?,32?,33?,34?/m1/s1. The first-order valence-corrected chi connectivity index (χ1v) is 26.1. The number of aromatic hydroxyl groups is 1. The Bertz CT molecular complexity index is 2370. The lowest BCUT2D eigenvalue weighted by molar-refractivity contribution is -0.142. The van der Waals surface area contributed by atoms with Crippen molar-refractivity contribution in [3.05, 3.63) is 65.7 Å². The molecule has 0 aromatic heterocycles. The number of carbonyl (C=O) groups excluding carboxylic acids is 11. The van der Waals surface area contributed by atoms with Gasteiger partial charge in [0, 0.05) is 50.3 Å². The SMILES string of the molecule is N=C(N)NCCC[C@@H](NC(=O)C1CCCN1C(=O)C1CSSCCC(=O)NC(Cc2ccc(O)cc2)C(=O)NC(Cc2ccccc2)C(=O)NC(CCC(N)=O)C(=O)NC(CC(N)=O)C(=O)N1)C(=O)NCC(N)=O. The molecular formula is C46H64N14O12S2. The van der Waals surface area contributed by atoms with Crippen molar-refractivity contribution in [2.24, 2.45) is 22.9 Å². The molecule has 7 atom stereocenters. The quantitative estimate of drug-likeness (QED) is 0.0275. The second-order valence-electron chi connectivity index (χ2n) is 17.4. The summed E-state index contributed by atoms with van der Waals surface area (Å²) in [5.41, 5.74) is 22.7. The maximum atomic E-state index is 14.6. The number of guanidine groups is 1. The summed E-state index contributed by atoms with van der Waals surface area (Å²) in [6.07, 6.45) is -1.33. The molecule has 11 amide bonds. The number of nitrogens with two attached hydrogens (primary N) is 4. The molecule has 18 N–H and O–H groups in total. The highest BCUT2D eigenvalue weighted by atomic mass is 33.1. The maximum absolute atomic E-state index is 14.6. The average Bonchev–Trinajstić information content (AvgIpc) is 3.85. The van der Waals surface area contributed by atoms with Crippen molar-refractivity contribution in [1.82, 2.24) is 47.4 Å². The molecule has 2 saturated heterocycles. The molecule has 4 rings (SSSR count). The molecule has 2 fully saturated rings. The first-order valence-electron chi connectivity index (χ1n) is 23.6. The lowest BCUT2D eigenvalue weighted by atomic mass is 10.0. The Hall–Kier alpha value is -7.62. The zero-order chi connectivity index (χ0) is 54.3. The van der Waals surface area contributed by atoms with Crippen molar-refractivity contribution in [3.8, 4) is 5.75 Å². The second kappa shape index (κ2) is 29.8. The van der Waals surface area contributed by atoms with Crippen molar-refractivity contribution in [1.29, 1.82) is 5.41 Å². The predicted molar refractivity (Wildman–Crippen MR) is 271 cm³/mol. The van der Waals surface area contributed by atoms with Crippen LogP contribution >= 0.6 is 21.6 Å². The van der Waals surface area contributed by atoms with Crippen LogP contribution in [0.4, 0.5) is 0 Å². The number of likely N-dealkylation sites (tertiary alicyclic amines) is 1. The van der Waals surface area contributed by atoms with Crippen molar-refractivity contribution < 1.29 is 57.8 Å². The summed E-state index contributed by atoms with van der Waals surface area (Å²) >= 11 is 0. The van der Waals surface area contributed by atoms with Gasteiger partial charge in [-0.1, -0.05) is 64.1 Å². The van der Waals surface area contributed by atoms with Gasteiger partial charge in [-0.2, -0.15) is 0 Å². The topological polar surface area (TPSA) is 435 Å². The minimum Gasteiger partial charge on any atom is -0.508 e. The first-order chi connectivity index (χ1) is 35.2. The van der Waals surface area contributed by atoms with Gasteiger partial charge in [0.2, 0.25) is 65.0 Å². The van der Waals surface area contributed by atoms with Crippen LogP contribution in [0.15, 0.2) is 54.6 Å². The molecule has 74 heavy (non-hydrogen) atoms. The third-order valence-corrected chi connectivity index (χ3v) is 13.9. The van der Waals surface area contributed by atoms with E-state index >= 15 is 0 Å². The number of phenols is 1. The van der Waals surface area contributed by atoms with Gasteiger partial charge >= 0.3 is 0 Å². The van der Waals surface area contributed by atoms with E-state index in [0.29, 0.717) is 17.5 Å². The average molecular weight is 1070 g/mol.